The molecule has 1 amide bonds. The molecule has 0 saturated carbocycles. The van der Waals surface area contributed by atoms with E-state index in [-0.39, 0.29) is 16.4 Å². The average molecular weight is 652 g/mol. The van der Waals surface area contributed by atoms with Crippen LogP contribution in [0, 0.1) is 0 Å². The van der Waals surface area contributed by atoms with Gasteiger partial charge in [0, 0.05) is 18.1 Å². The minimum absolute atomic E-state index is 0.251. The van der Waals surface area contributed by atoms with Gasteiger partial charge >= 0.3 is 5.97 Å². The van der Waals surface area contributed by atoms with Crippen molar-refractivity contribution in [3.8, 4) is 0 Å². The van der Waals surface area contributed by atoms with Gasteiger partial charge in [-0.05, 0) is 72.9 Å². The van der Waals surface area contributed by atoms with E-state index in [2.05, 4.69) is 11.9 Å². The first-order valence-corrected chi connectivity index (χ1v) is 18.8. The third kappa shape index (κ3) is 11.0. The summed E-state index contributed by atoms with van der Waals surface area (Å²) in [6.07, 6.45) is 10.0. The number of aryl methyl sites for hydroxylation is 2. The third-order valence-electron chi connectivity index (χ3n) is 6.89. The van der Waals surface area contributed by atoms with Crippen molar-refractivity contribution in [1.29, 1.82) is 0 Å². The number of rotatable bonds is 14. The maximum Gasteiger partial charge on any atom is 0.338 e. The lowest BCUT2D eigenvalue weighted by Crippen LogP contribution is -2.24. The normalized spacial score (nSPS) is 11.3. The number of hydrogen-bond acceptors (Lipinski definition) is 7. The van der Waals surface area contributed by atoms with Crippen LogP contribution in [-0.4, -0.2) is 54.3 Å². The molecule has 0 bridgehead atoms. The van der Waals surface area contributed by atoms with Crippen molar-refractivity contribution in [2.45, 2.75) is 102 Å². The van der Waals surface area contributed by atoms with E-state index < -0.39 is 31.6 Å². The van der Waals surface area contributed by atoms with Gasteiger partial charge in [0.2, 0.25) is 0 Å². The molecule has 0 fully saturated rings. The molecule has 0 aliphatic carbocycles. The third-order valence-corrected chi connectivity index (χ3v) is 9.39. The summed E-state index contributed by atoms with van der Waals surface area (Å²) in [7, 11) is -5.54. The van der Waals surface area contributed by atoms with Crippen molar-refractivity contribution >= 4 is 37.5 Å². The molecule has 0 spiro atoms. The van der Waals surface area contributed by atoms with Crippen molar-refractivity contribution in [3.63, 3.8) is 0 Å². The van der Waals surface area contributed by atoms with Gasteiger partial charge in [0.15, 0.2) is 25.6 Å². The van der Waals surface area contributed by atoms with E-state index in [1.54, 1.807) is 24.3 Å². The molecule has 0 heterocycles. The summed E-state index contributed by atoms with van der Waals surface area (Å²) < 4.78 is 53.9. The second-order valence-electron chi connectivity index (χ2n) is 10.7. The Balaban J connectivity index is 0.000000442. The zero-order valence-corrected chi connectivity index (χ0v) is 28.8. The van der Waals surface area contributed by atoms with Crippen LogP contribution in [0.3, 0.4) is 0 Å². The molecule has 0 aliphatic heterocycles. The Bertz CT molecular complexity index is 1540. The lowest BCUT2D eigenvalue weighted by atomic mass is 9.97. The van der Waals surface area contributed by atoms with Gasteiger partial charge in [-0.15, -0.1) is 0 Å². The number of benzene rings is 2. The van der Waals surface area contributed by atoms with Crippen LogP contribution in [0.15, 0.2) is 39.0 Å². The Kier molecular flexibility index (Phi) is 15.8. The molecule has 4 N–H and O–H groups in total. The van der Waals surface area contributed by atoms with Crippen LogP contribution in [0.2, 0.25) is 0 Å². The Morgan fingerprint density at radius 2 is 1.09 bits per heavy atom. The number of nitrogens with two attached hydrogens (primary N) is 2. The van der Waals surface area contributed by atoms with Crippen LogP contribution in [0.4, 0.5) is 0 Å². The first-order chi connectivity index (χ1) is 20.6. The largest absolute Gasteiger partial charge is 0.465 e. The van der Waals surface area contributed by atoms with Gasteiger partial charge in [0.1, 0.15) is 0 Å². The van der Waals surface area contributed by atoms with Crippen molar-refractivity contribution in [2.24, 2.45) is 16.5 Å². The number of ether oxygens (including phenoxy) is 1. The van der Waals surface area contributed by atoms with Crippen LogP contribution in [0.1, 0.15) is 109 Å². The number of carbonyl (C=O) groups excluding carboxylic acids is 2. The fourth-order valence-corrected chi connectivity index (χ4v) is 7.69. The van der Waals surface area contributed by atoms with Crippen molar-refractivity contribution < 1.29 is 31.2 Å². The molecule has 2 rings (SSSR count). The Hall–Kier alpha value is -3.25. The van der Waals surface area contributed by atoms with Crippen LogP contribution in [-0.2, 0) is 50.1 Å². The van der Waals surface area contributed by atoms with E-state index in [4.69, 9.17) is 16.2 Å². The standard InChI is InChI=1S/C16H25N3O3S.C16H24O4S/c1-4-6-8-11-9-10-13(15(20)19-16(17)18)12(7-5-2)14(11)23(3,21)22;1-5-7-9-12-10-11-14(16(17)20-3)13(8-6-2)15(12)21(4,18)19/h9-10H,4-8H2,1-3H3,(H4,17,18,19,20);10-11H,5-9H2,1-4H3. The number of unbranched alkanes of at least 4 members (excludes halogenated alkanes) is 2. The Labute approximate surface area is 263 Å². The minimum atomic E-state index is -3.46. The molecule has 44 heavy (non-hydrogen) atoms. The second kappa shape index (κ2) is 17.9. The molecular weight excluding hydrogens is 603 g/mol. The summed E-state index contributed by atoms with van der Waals surface area (Å²) in [6, 6.07) is 6.76. The maximum absolute atomic E-state index is 12.3. The Morgan fingerprint density at radius 1 is 0.682 bits per heavy atom. The fourth-order valence-electron chi connectivity index (χ4n) is 5.08. The van der Waals surface area contributed by atoms with E-state index in [1.807, 2.05) is 20.8 Å². The molecule has 0 atom stereocenters. The molecule has 0 radical (unpaired) electrons. The van der Waals surface area contributed by atoms with Crippen LogP contribution in [0.5, 0.6) is 0 Å². The topological polar surface area (TPSA) is 176 Å². The van der Waals surface area contributed by atoms with Gasteiger partial charge in [-0.1, -0.05) is 65.5 Å². The lowest BCUT2D eigenvalue weighted by molar-refractivity contribution is 0.0599. The summed E-state index contributed by atoms with van der Waals surface area (Å²) >= 11 is 0. The molecule has 0 unspecified atom stereocenters. The number of esters is 1. The van der Waals surface area contributed by atoms with E-state index in [0.717, 1.165) is 43.2 Å². The molecule has 0 saturated heterocycles. The van der Waals surface area contributed by atoms with E-state index in [1.165, 1.54) is 19.6 Å². The maximum atomic E-state index is 12.3. The van der Waals surface area contributed by atoms with Crippen molar-refractivity contribution in [2.75, 3.05) is 19.6 Å². The fraction of sp³-hybridized carbons (Fsp3) is 0.531. The zero-order valence-electron chi connectivity index (χ0n) is 27.2. The first kappa shape index (κ1) is 38.8. The van der Waals surface area contributed by atoms with Crippen molar-refractivity contribution in [3.05, 3.63) is 57.6 Å². The molecular formula is C32H49N3O7S2. The lowest BCUT2D eigenvalue weighted by Gasteiger charge is -2.16. The van der Waals surface area contributed by atoms with Gasteiger partial charge in [-0.2, -0.15) is 4.99 Å². The number of sulfone groups is 2. The average Bonchev–Trinajstić information content (AvgIpc) is 2.93. The molecule has 2 aromatic carbocycles. The summed E-state index contributed by atoms with van der Waals surface area (Å²) in [6.45, 7) is 8.00. The SMILES string of the molecule is CCCCc1ccc(C(=O)N=C(N)N)c(CCC)c1S(C)(=O)=O.CCCCc1ccc(C(=O)OC)c(CCC)c1S(C)(=O)=O. The van der Waals surface area contributed by atoms with E-state index in [0.29, 0.717) is 53.7 Å². The van der Waals surface area contributed by atoms with Gasteiger partial charge < -0.3 is 16.2 Å². The zero-order chi connectivity index (χ0) is 33.7. The van der Waals surface area contributed by atoms with Crippen LogP contribution < -0.4 is 11.5 Å². The summed E-state index contributed by atoms with van der Waals surface area (Å²) in [5.74, 6) is -1.43. The minimum Gasteiger partial charge on any atom is -0.465 e. The van der Waals surface area contributed by atoms with E-state index in [9.17, 15) is 26.4 Å². The number of hydrogen-bond donors (Lipinski definition) is 2. The van der Waals surface area contributed by atoms with Gasteiger partial charge in [-0.3, -0.25) is 4.79 Å². The number of methoxy groups -OCH3 is 1. The van der Waals surface area contributed by atoms with Gasteiger partial charge in [-0.25, -0.2) is 21.6 Å². The molecule has 12 heteroatoms. The van der Waals surface area contributed by atoms with E-state index >= 15 is 0 Å². The highest BCUT2D eigenvalue weighted by molar-refractivity contribution is 7.91. The van der Waals surface area contributed by atoms with Crippen molar-refractivity contribution in [1.82, 2.24) is 0 Å². The smallest absolute Gasteiger partial charge is 0.338 e. The highest BCUT2D eigenvalue weighted by Gasteiger charge is 2.25. The number of carbonyl (C=O) groups is 2. The molecule has 10 nitrogen and oxygen atoms in total. The molecule has 246 valence electrons. The number of guanidine groups is 1. The predicted molar refractivity (Wildman–Crippen MR) is 176 cm³/mol. The molecule has 2 aromatic rings. The quantitative estimate of drug-likeness (QED) is 0.162. The van der Waals surface area contributed by atoms with Crippen LogP contribution >= 0.6 is 0 Å². The number of nitrogens with zero attached hydrogens (tertiary/aromatic N) is 1. The number of amides is 1. The first-order valence-electron chi connectivity index (χ1n) is 15.0. The second-order valence-corrected chi connectivity index (χ2v) is 14.6. The molecule has 0 aliphatic rings. The summed E-state index contributed by atoms with van der Waals surface area (Å²) in [4.78, 5) is 28.2. The van der Waals surface area contributed by atoms with Crippen LogP contribution in [0.25, 0.3) is 0 Å². The molecule has 0 aromatic heterocycles. The van der Waals surface area contributed by atoms with Gasteiger partial charge in [0.05, 0.1) is 22.5 Å². The highest BCUT2D eigenvalue weighted by atomic mass is 32.2. The Morgan fingerprint density at radius 3 is 1.43 bits per heavy atom. The monoisotopic (exact) mass is 651 g/mol. The predicted octanol–water partition coefficient (Wildman–Crippen LogP) is 4.97. The van der Waals surface area contributed by atoms with Gasteiger partial charge in [0.25, 0.3) is 5.91 Å². The highest BCUT2D eigenvalue weighted by Crippen LogP contribution is 2.29. The summed E-state index contributed by atoms with van der Waals surface area (Å²) in [5, 5.41) is 0. The number of aliphatic imine (C=N–C) groups is 1. The summed E-state index contributed by atoms with van der Waals surface area (Å²) in [5.41, 5.74) is 13.8.